The van der Waals surface area contributed by atoms with Gasteiger partial charge in [-0.15, -0.1) is 0 Å². The zero-order valence-corrected chi connectivity index (χ0v) is 14.0. The van der Waals surface area contributed by atoms with Gasteiger partial charge in [0.2, 0.25) is 0 Å². The van der Waals surface area contributed by atoms with Crippen LogP contribution in [0.25, 0.3) is 0 Å². The quantitative estimate of drug-likeness (QED) is 0.764. The fraction of sp³-hybridized carbons (Fsp3) is 0.625. The normalized spacial score (nSPS) is 14.6. The number of amides is 1. The van der Waals surface area contributed by atoms with E-state index in [1.807, 2.05) is 0 Å². The molecule has 8 heteroatoms. The van der Waals surface area contributed by atoms with Crippen LogP contribution in [-0.4, -0.2) is 27.6 Å². The summed E-state index contributed by atoms with van der Waals surface area (Å²) in [5.41, 5.74) is -1.08. The second-order valence-electron chi connectivity index (χ2n) is 6.17. The third kappa shape index (κ3) is 4.56. The van der Waals surface area contributed by atoms with E-state index in [4.69, 9.17) is 4.74 Å². The lowest BCUT2D eigenvalue weighted by Gasteiger charge is -2.11. The van der Waals surface area contributed by atoms with Crippen molar-refractivity contribution >= 4 is 17.7 Å². The molecule has 1 heterocycles. The van der Waals surface area contributed by atoms with E-state index in [1.54, 1.807) is 0 Å². The molecule has 24 heavy (non-hydrogen) atoms. The SMILES string of the molecule is Cn1c(NC(=O)COC(=O)CCC2CCCC2)cc(=O)n(C)c1=O. The lowest BCUT2D eigenvalue weighted by molar-refractivity contribution is -0.147. The molecule has 1 amide bonds. The third-order valence-corrected chi connectivity index (χ3v) is 4.39. The molecule has 0 bridgehead atoms. The molecule has 1 aromatic heterocycles. The van der Waals surface area contributed by atoms with Gasteiger partial charge in [0.1, 0.15) is 5.82 Å². The van der Waals surface area contributed by atoms with E-state index in [0.717, 1.165) is 34.5 Å². The van der Waals surface area contributed by atoms with Crippen LogP contribution in [0.1, 0.15) is 38.5 Å². The van der Waals surface area contributed by atoms with E-state index in [9.17, 15) is 19.2 Å². The maximum Gasteiger partial charge on any atom is 0.332 e. The Morgan fingerprint density at radius 3 is 2.54 bits per heavy atom. The van der Waals surface area contributed by atoms with Gasteiger partial charge in [0.05, 0.1) is 0 Å². The van der Waals surface area contributed by atoms with Crippen LogP contribution < -0.4 is 16.6 Å². The molecule has 0 atom stereocenters. The van der Waals surface area contributed by atoms with Gasteiger partial charge in [-0.1, -0.05) is 25.7 Å². The first kappa shape index (κ1) is 18.0. The highest BCUT2D eigenvalue weighted by Crippen LogP contribution is 2.28. The Kier molecular flexibility index (Phi) is 5.94. The zero-order valence-electron chi connectivity index (χ0n) is 14.0. The summed E-state index contributed by atoms with van der Waals surface area (Å²) in [6.07, 6.45) is 5.86. The van der Waals surface area contributed by atoms with Gasteiger partial charge in [-0.25, -0.2) is 4.79 Å². The Morgan fingerprint density at radius 2 is 1.88 bits per heavy atom. The molecule has 0 unspecified atom stereocenters. The minimum atomic E-state index is -0.590. The van der Waals surface area contributed by atoms with Crippen molar-refractivity contribution < 1.29 is 14.3 Å². The Labute approximate surface area is 139 Å². The molecule has 132 valence electrons. The summed E-state index contributed by atoms with van der Waals surface area (Å²) in [6, 6.07) is 1.14. The molecule has 2 rings (SSSR count). The number of carbonyl (C=O) groups is 2. The summed E-state index contributed by atoms with van der Waals surface area (Å²) in [4.78, 5) is 46.8. The second kappa shape index (κ2) is 7.94. The molecule has 1 aliphatic rings. The van der Waals surface area contributed by atoms with Crippen molar-refractivity contribution in [3.8, 4) is 0 Å². The van der Waals surface area contributed by atoms with Crippen LogP contribution in [-0.2, 0) is 28.4 Å². The number of ether oxygens (including phenoxy) is 1. The number of nitrogens with zero attached hydrogens (tertiary/aromatic N) is 2. The summed E-state index contributed by atoms with van der Waals surface area (Å²) >= 11 is 0. The average molecular weight is 337 g/mol. The van der Waals surface area contributed by atoms with Crippen LogP contribution in [0.5, 0.6) is 0 Å². The molecule has 1 aliphatic carbocycles. The fourth-order valence-corrected chi connectivity index (χ4v) is 2.87. The van der Waals surface area contributed by atoms with Crippen molar-refractivity contribution in [2.45, 2.75) is 38.5 Å². The molecule has 0 aromatic carbocycles. The smallest absolute Gasteiger partial charge is 0.332 e. The summed E-state index contributed by atoms with van der Waals surface area (Å²) in [7, 11) is 2.79. The van der Waals surface area contributed by atoms with E-state index < -0.39 is 29.7 Å². The number of anilines is 1. The average Bonchev–Trinajstić information content (AvgIpc) is 3.07. The largest absolute Gasteiger partial charge is 0.456 e. The highest BCUT2D eigenvalue weighted by Gasteiger charge is 2.17. The predicted octanol–water partition coefficient (Wildman–Crippen LogP) is 0.536. The summed E-state index contributed by atoms with van der Waals surface area (Å²) in [5.74, 6) is -0.348. The van der Waals surface area contributed by atoms with Crippen LogP contribution in [0.4, 0.5) is 5.82 Å². The first-order valence-corrected chi connectivity index (χ1v) is 8.11. The van der Waals surface area contributed by atoms with Crippen LogP contribution in [0, 0.1) is 5.92 Å². The van der Waals surface area contributed by atoms with Crippen molar-refractivity contribution in [3.63, 3.8) is 0 Å². The Hall–Kier alpha value is -2.38. The monoisotopic (exact) mass is 337 g/mol. The third-order valence-electron chi connectivity index (χ3n) is 4.39. The topological polar surface area (TPSA) is 99.4 Å². The highest BCUT2D eigenvalue weighted by molar-refractivity contribution is 5.91. The highest BCUT2D eigenvalue weighted by atomic mass is 16.5. The lowest BCUT2D eigenvalue weighted by atomic mass is 10.0. The molecule has 0 radical (unpaired) electrons. The number of carbonyl (C=O) groups excluding carboxylic acids is 2. The number of hydrogen-bond acceptors (Lipinski definition) is 5. The van der Waals surface area contributed by atoms with Gasteiger partial charge in [-0.3, -0.25) is 23.5 Å². The summed E-state index contributed by atoms with van der Waals surface area (Å²) in [5, 5.41) is 2.41. The maximum absolute atomic E-state index is 11.8. The molecule has 0 saturated heterocycles. The van der Waals surface area contributed by atoms with Crippen molar-refractivity contribution in [2.24, 2.45) is 20.0 Å². The van der Waals surface area contributed by atoms with Crippen LogP contribution in [0.3, 0.4) is 0 Å². The lowest BCUT2D eigenvalue weighted by Crippen LogP contribution is -2.38. The van der Waals surface area contributed by atoms with E-state index in [1.165, 1.54) is 26.9 Å². The van der Waals surface area contributed by atoms with Gasteiger partial charge in [0.15, 0.2) is 6.61 Å². The first-order valence-electron chi connectivity index (χ1n) is 8.11. The molecule has 8 nitrogen and oxygen atoms in total. The molecular formula is C16H23N3O5. The predicted molar refractivity (Wildman–Crippen MR) is 87.7 cm³/mol. The van der Waals surface area contributed by atoms with E-state index >= 15 is 0 Å². The summed E-state index contributed by atoms with van der Waals surface area (Å²) < 4.78 is 7.01. The number of hydrogen-bond donors (Lipinski definition) is 1. The maximum atomic E-state index is 11.8. The fourth-order valence-electron chi connectivity index (χ4n) is 2.87. The van der Waals surface area contributed by atoms with Gasteiger partial charge in [0, 0.05) is 26.6 Å². The van der Waals surface area contributed by atoms with Crippen LogP contribution in [0.2, 0.25) is 0 Å². The number of aromatic nitrogens is 2. The van der Waals surface area contributed by atoms with Crippen molar-refractivity contribution in [1.82, 2.24) is 9.13 Å². The Bertz CT molecular complexity index is 728. The van der Waals surface area contributed by atoms with Gasteiger partial charge in [0.25, 0.3) is 11.5 Å². The van der Waals surface area contributed by atoms with E-state index in [0.29, 0.717) is 12.3 Å². The van der Waals surface area contributed by atoms with Crippen LogP contribution in [0.15, 0.2) is 15.7 Å². The minimum Gasteiger partial charge on any atom is -0.456 e. The molecule has 0 spiro atoms. The zero-order chi connectivity index (χ0) is 17.7. The number of esters is 1. The first-order chi connectivity index (χ1) is 11.4. The summed E-state index contributed by atoms with van der Waals surface area (Å²) in [6.45, 7) is -0.438. The van der Waals surface area contributed by atoms with Gasteiger partial charge >= 0.3 is 11.7 Å². The number of rotatable bonds is 6. The van der Waals surface area contributed by atoms with Gasteiger partial charge in [-0.05, 0) is 12.3 Å². The van der Waals surface area contributed by atoms with E-state index in [-0.39, 0.29) is 5.82 Å². The minimum absolute atomic E-state index is 0.0649. The van der Waals surface area contributed by atoms with Crippen molar-refractivity contribution in [3.05, 3.63) is 26.9 Å². The Morgan fingerprint density at radius 1 is 1.21 bits per heavy atom. The molecular weight excluding hydrogens is 314 g/mol. The standard InChI is InChI=1S/C16H23N3O5/c1-18-12(9-14(21)19(2)16(18)23)17-13(20)10-24-15(22)8-7-11-5-3-4-6-11/h9,11H,3-8,10H2,1-2H3,(H,17,20). The van der Waals surface area contributed by atoms with Crippen LogP contribution >= 0.6 is 0 Å². The molecule has 1 aromatic rings. The van der Waals surface area contributed by atoms with Crippen molar-refractivity contribution in [1.29, 1.82) is 0 Å². The molecule has 1 saturated carbocycles. The van der Waals surface area contributed by atoms with Gasteiger partial charge < -0.3 is 10.1 Å². The molecule has 0 aliphatic heterocycles. The van der Waals surface area contributed by atoms with E-state index in [2.05, 4.69) is 5.32 Å². The molecule has 1 fully saturated rings. The van der Waals surface area contributed by atoms with Gasteiger partial charge in [-0.2, -0.15) is 0 Å². The number of nitrogens with one attached hydrogen (secondary N) is 1. The van der Waals surface area contributed by atoms with Crippen molar-refractivity contribution in [2.75, 3.05) is 11.9 Å². The molecule has 1 N–H and O–H groups in total. The second-order valence-corrected chi connectivity index (χ2v) is 6.17. The Balaban J connectivity index is 1.82.